The number of nitrogens with one attached hydrogen (secondary N) is 1. The number of fused-ring (bicyclic) bond motifs is 1. The Morgan fingerprint density at radius 2 is 1.74 bits per heavy atom. The molecule has 2 aromatic heterocycles. The third kappa shape index (κ3) is 5.31. The third-order valence-corrected chi connectivity index (χ3v) is 7.78. The molecule has 1 N–H and O–H groups in total. The van der Waals surface area contributed by atoms with Crippen molar-refractivity contribution in [2.24, 2.45) is 0 Å². The Morgan fingerprint density at radius 3 is 2.43 bits per heavy atom. The van der Waals surface area contributed by atoms with Crippen molar-refractivity contribution in [3.8, 4) is 0 Å². The number of ether oxygens (including phenoxy) is 1. The van der Waals surface area contributed by atoms with Gasteiger partial charge in [0, 0.05) is 0 Å². The molecule has 0 atom stereocenters. The number of hydrogen-bond acceptors (Lipinski definition) is 8. The Bertz CT molecular complexity index is 1570. The molecule has 0 spiro atoms. The highest BCUT2D eigenvalue weighted by Crippen LogP contribution is 2.27. The van der Waals surface area contributed by atoms with Crippen LogP contribution in [0.2, 0.25) is 0 Å². The van der Waals surface area contributed by atoms with Crippen LogP contribution in [0.25, 0.3) is 10.2 Å². The number of carbonyl (C=O) groups is 2. The summed E-state index contributed by atoms with van der Waals surface area (Å²) in [6.45, 7) is 2.94. The Kier molecular flexibility index (Phi) is 6.81. The van der Waals surface area contributed by atoms with Gasteiger partial charge in [0.25, 0.3) is 21.5 Å². The number of hydrogen-bond donors (Lipinski definition) is 1. The largest absolute Gasteiger partial charge is 0.457 e. The van der Waals surface area contributed by atoms with Gasteiger partial charge in [-0.25, -0.2) is 22.9 Å². The summed E-state index contributed by atoms with van der Waals surface area (Å²) >= 11 is 1.02. The van der Waals surface area contributed by atoms with Crippen LogP contribution in [0.3, 0.4) is 0 Å². The van der Waals surface area contributed by atoms with E-state index in [-0.39, 0.29) is 21.8 Å². The van der Waals surface area contributed by atoms with Crippen LogP contribution in [0.1, 0.15) is 26.4 Å². The second-order valence-corrected chi connectivity index (χ2v) is 10.5. The summed E-state index contributed by atoms with van der Waals surface area (Å²) in [7, 11) is -4.09. The summed E-state index contributed by atoms with van der Waals surface area (Å²) in [5.74, 6) is -1.48. The molecule has 0 aliphatic rings. The van der Waals surface area contributed by atoms with Crippen molar-refractivity contribution in [3.63, 3.8) is 0 Å². The van der Waals surface area contributed by atoms with E-state index in [1.807, 2.05) is 42.0 Å². The molecular weight excluding hydrogens is 490 g/mol. The second kappa shape index (κ2) is 9.80. The molecule has 1 amide bonds. The molecule has 0 saturated carbocycles. The number of nitrogens with zero attached hydrogens (tertiary/aromatic N) is 2. The molecule has 4 rings (SSSR count). The topological polar surface area (TPSA) is 124 Å². The Labute approximate surface area is 205 Å². The van der Waals surface area contributed by atoms with Gasteiger partial charge in [-0.3, -0.25) is 14.2 Å². The first-order valence-electron chi connectivity index (χ1n) is 10.5. The molecule has 9 nitrogen and oxygen atoms in total. The first-order valence-corrected chi connectivity index (χ1v) is 12.8. The molecule has 0 fully saturated rings. The predicted molar refractivity (Wildman–Crippen MR) is 131 cm³/mol. The van der Waals surface area contributed by atoms with Crippen LogP contribution in [0, 0.1) is 13.8 Å². The quantitative estimate of drug-likeness (QED) is 0.378. The predicted octanol–water partition coefficient (Wildman–Crippen LogP) is 2.94. The zero-order valence-electron chi connectivity index (χ0n) is 18.8. The molecule has 0 aliphatic heterocycles. The molecule has 0 saturated heterocycles. The Balaban J connectivity index is 1.52. The zero-order valence-corrected chi connectivity index (χ0v) is 20.5. The smallest absolute Gasteiger partial charge is 0.349 e. The summed E-state index contributed by atoms with van der Waals surface area (Å²) < 4.78 is 33.2. The molecule has 35 heavy (non-hydrogen) atoms. The second-order valence-electron chi connectivity index (χ2n) is 7.82. The van der Waals surface area contributed by atoms with Gasteiger partial charge in [-0.1, -0.05) is 48.0 Å². The van der Waals surface area contributed by atoms with Crippen LogP contribution in [0.4, 0.5) is 0 Å². The van der Waals surface area contributed by atoms with Crippen LogP contribution in [-0.4, -0.2) is 29.8 Å². The number of carbonyl (C=O) groups excluding carboxylic acids is 2. The van der Waals surface area contributed by atoms with E-state index in [0.29, 0.717) is 10.4 Å². The van der Waals surface area contributed by atoms with Crippen LogP contribution < -0.4 is 10.3 Å². The molecule has 0 unspecified atom stereocenters. The van der Waals surface area contributed by atoms with Gasteiger partial charge < -0.3 is 4.74 Å². The molecule has 0 radical (unpaired) electrons. The van der Waals surface area contributed by atoms with Crippen molar-refractivity contribution in [2.45, 2.75) is 31.9 Å². The minimum atomic E-state index is -4.09. The SMILES string of the molecule is Cc1ccc(S(=O)(=O)NC(=O)Cn2cnc3sc(C(=O)OCc4ccccc4)c(C)c3c2=O)cc1. The first-order chi connectivity index (χ1) is 16.7. The summed E-state index contributed by atoms with van der Waals surface area (Å²) in [6.07, 6.45) is 1.15. The number of thiophene rings is 1. The molecule has 4 aromatic rings. The fraction of sp³-hybridized carbons (Fsp3) is 0.167. The number of sulfonamides is 1. The summed E-state index contributed by atoms with van der Waals surface area (Å²) in [6, 6.07) is 15.2. The highest BCUT2D eigenvalue weighted by Gasteiger charge is 2.22. The molecule has 180 valence electrons. The van der Waals surface area contributed by atoms with Crippen LogP contribution in [0.15, 0.2) is 70.6 Å². The summed E-state index contributed by atoms with van der Waals surface area (Å²) in [5.41, 5.74) is 1.53. The van der Waals surface area contributed by atoms with Crippen LogP contribution in [-0.2, 0) is 32.7 Å². The third-order valence-electron chi connectivity index (χ3n) is 5.21. The standard InChI is InChI=1S/C24H21N3O6S2/c1-15-8-10-18(11-9-15)35(31,32)26-19(28)12-27-14-25-22-20(23(27)29)16(2)21(34-22)24(30)33-13-17-6-4-3-5-7-17/h3-11,14H,12-13H2,1-2H3,(H,26,28). The van der Waals surface area contributed by atoms with E-state index in [4.69, 9.17) is 4.74 Å². The minimum Gasteiger partial charge on any atom is -0.457 e. The van der Waals surface area contributed by atoms with Gasteiger partial charge in [-0.15, -0.1) is 11.3 Å². The maximum atomic E-state index is 13.0. The molecule has 0 bridgehead atoms. The van der Waals surface area contributed by atoms with Gasteiger partial charge in [0.15, 0.2) is 0 Å². The highest BCUT2D eigenvalue weighted by molar-refractivity contribution is 7.90. The average molecular weight is 512 g/mol. The average Bonchev–Trinajstić information content (AvgIpc) is 3.17. The maximum absolute atomic E-state index is 13.0. The lowest BCUT2D eigenvalue weighted by atomic mass is 10.2. The van der Waals surface area contributed by atoms with Gasteiger partial charge in [-0.2, -0.15) is 0 Å². The number of aromatic nitrogens is 2. The molecule has 2 heterocycles. The molecular formula is C24H21N3O6S2. The van der Waals surface area contributed by atoms with E-state index < -0.39 is 34.0 Å². The van der Waals surface area contributed by atoms with E-state index in [1.54, 1.807) is 19.1 Å². The van der Waals surface area contributed by atoms with Gasteiger partial charge in [0.1, 0.15) is 22.9 Å². The Morgan fingerprint density at radius 1 is 1.06 bits per heavy atom. The minimum absolute atomic E-state index is 0.0651. The van der Waals surface area contributed by atoms with Crippen molar-refractivity contribution in [2.75, 3.05) is 0 Å². The van der Waals surface area contributed by atoms with Gasteiger partial charge >= 0.3 is 5.97 Å². The highest BCUT2D eigenvalue weighted by atomic mass is 32.2. The summed E-state index contributed by atoms with van der Waals surface area (Å²) in [4.78, 5) is 42.7. The van der Waals surface area contributed by atoms with Crippen LogP contribution in [0.5, 0.6) is 0 Å². The van der Waals surface area contributed by atoms with E-state index in [9.17, 15) is 22.8 Å². The maximum Gasteiger partial charge on any atom is 0.349 e. The number of esters is 1. The zero-order chi connectivity index (χ0) is 25.2. The van der Waals surface area contributed by atoms with Crippen molar-refractivity contribution < 1.29 is 22.7 Å². The number of rotatable bonds is 7. The lowest BCUT2D eigenvalue weighted by Crippen LogP contribution is -2.36. The number of amides is 1. The van der Waals surface area contributed by atoms with Gasteiger partial charge in [0.2, 0.25) is 0 Å². The fourth-order valence-electron chi connectivity index (χ4n) is 3.37. The van der Waals surface area contributed by atoms with Crippen molar-refractivity contribution in [3.05, 3.63) is 92.8 Å². The van der Waals surface area contributed by atoms with Crippen molar-refractivity contribution in [1.29, 1.82) is 0 Å². The van der Waals surface area contributed by atoms with E-state index >= 15 is 0 Å². The summed E-state index contributed by atoms with van der Waals surface area (Å²) in [5, 5.41) is 0.179. The Hall–Kier alpha value is -3.83. The van der Waals surface area contributed by atoms with Gasteiger partial charge in [0.05, 0.1) is 16.6 Å². The lowest BCUT2D eigenvalue weighted by molar-refractivity contribution is -0.119. The van der Waals surface area contributed by atoms with E-state index in [0.717, 1.165) is 33.4 Å². The lowest BCUT2D eigenvalue weighted by Gasteiger charge is -2.09. The molecule has 0 aliphatic carbocycles. The molecule has 2 aromatic carbocycles. The normalized spacial score (nSPS) is 11.4. The monoisotopic (exact) mass is 511 g/mol. The first kappa shape index (κ1) is 24.3. The number of benzene rings is 2. The fourth-order valence-corrected chi connectivity index (χ4v) is 5.38. The van der Waals surface area contributed by atoms with Crippen molar-refractivity contribution in [1.82, 2.24) is 14.3 Å². The van der Waals surface area contributed by atoms with E-state index in [1.165, 1.54) is 12.1 Å². The van der Waals surface area contributed by atoms with Crippen LogP contribution >= 0.6 is 11.3 Å². The van der Waals surface area contributed by atoms with Crippen molar-refractivity contribution >= 4 is 43.5 Å². The van der Waals surface area contributed by atoms with Gasteiger partial charge in [-0.05, 0) is 37.1 Å². The van der Waals surface area contributed by atoms with E-state index in [2.05, 4.69) is 4.98 Å². The molecule has 11 heteroatoms. The number of aryl methyl sites for hydroxylation is 2.